The minimum absolute atomic E-state index is 0.153. The molecule has 1 atom stereocenters. The number of carbonyl (C=O) groups excluding carboxylic acids is 2. The number of benzene rings is 1. The average molecular weight is 335 g/mol. The Hall–Kier alpha value is -2.08. The van der Waals surface area contributed by atoms with E-state index in [-0.39, 0.29) is 5.91 Å². The van der Waals surface area contributed by atoms with E-state index in [0.29, 0.717) is 24.6 Å². The van der Waals surface area contributed by atoms with Crippen molar-refractivity contribution in [1.82, 2.24) is 5.32 Å². The van der Waals surface area contributed by atoms with Gasteiger partial charge in [-0.3, -0.25) is 10.1 Å². The highest BCUT2D eigenvalue weighted by Crippen LogP contribution is 2.13. The maximum absolute atomic E-state index is 11.9. The molecule has 6 heteroatoms. The van der Waals surface area contributed by atoms with Crippen LogP contribution in [0.25, 0.3) is 0 Å². The van der Waals surface area contributed by atoms with Crippen molar-refractivity contribution < 1.29 is 14.3 Å². The summed E-state index contributed by atoms with van der Waals surface area (Å²) in [6, 6.07) is 6.71. The summed E-state index contributed by atoms with van der Waals surface area (Å²) < 4.78 is 5.19. The molecule has 1 aromatic rings. The minimum Gasteiger partial charge on any atom is -0.444 e. The van der Waals surface area contributed by atoms with E-state index in [4.69, 9.17) is 10.5 Å². The highest BCUT2D eigenvalue weighted by molar-refractivity contribution is 5.85. The van der Waals surface area contributed by atoms with Gasteiger partial charge in [-0.05, 0) is 50.8 Å². The van der Waals surface area contributed by atoms with Crippen LogP contribution in [0.2, 0.25) is 0 Å². The van der Waals surface area contributed by atoms with Crippen LogP contribution in [0.3, 0.4) is 0 Å². The molecule has 0 fully saturated rings. The monoisotopic (exact) mass is 335 g/mol. The fraction of sp³-hybridized carbons (Fsp3) is 0.556. The highest BCUT2D eigenvalue weighted by Gasteiger charge is 2.16. The number of anilines is 1. The van der Waals surface area contributed by atoms with E-state index < -0.39 is 17.7 Å². The standard InChI is InChI=1S/C18H29N3O3/c1-12(2)10-15(19)16(22)20-11-13-6-8-14(9-7-13)21-17(23)24-18(3,4)5/h6-9,12,15H,10-11,19H2,1-5H3,(H,20,22)(H,21,23)/t15-/m0/s1. The Balaban J connectivity index is 2.47. The smallest absolute Gasteiger partial charge is 0.412 e. The molecule has 2 amide bonds. The van der Waals surface area contributed by atoms with E-state index in [1.165, 1.54) is 0 Å². The number of ether oxygens (including phenoxy) is 1. The molecule has 0 bridgehead atoms. The topological polar surface area (TPSA) is 93.5 Å². The van der Waals surface area contributed by atoms with Gasteiger partial charge < -0.3 is 15.8 Å². The number of carbonyl (C=O) groups is 2. The molecule has 0 unspecified atom stereocenters. The van der Waals surface area contributed by atoms with Crippen molar-refractivity contribution in [3.05, 3.63) is 29.8 Å². The number of rotatable bonds is 6. The Bertz CT molecular complexity index is 548. The Morgan fingerprint density at radius 2 is 1.75 bits per heavy atom. The first kappa shape index (κ1) is 20.0. The van der Waals surface area contributed by atoms with E-state index in [0.717, 1.165) is 5.56 Å². The van der Waals surface area contributed by atoms with Gasteiger partial charge in [-0.25, -0.2) is 4.79 Å². The van der Waals surface area contributed by atoms with Crippen molar-refractivity contribution in [1.29, 1.82) is 0 Å². The van der Waals surface area contributed by atoms with Gasteiger partial charge in [0, 0.05) is 12.2 Å². The van der Waals surface area contributed by atoms with Gasteiger partial charge in [0.1, 0.15) is 5.60 Å². The summed E-state index contributed by atoms with van der Waals surface area (Å²) in [5.74, 6) is 0.226. The lowest BCUT2D eigenvalue weighted by Crippen LogP contribution is -2.41. The Labute approximate surface area is 144 Å². The van der Waals surface area contributed by atoms with E-state index in [1.54, 1.807) is 12.1 Å². The molecule has 0 aliphatic heterocycles. The summed E-state index contributed by atoms with van der Waals surface area (Å²) >= 11 is 0. The molecular weight excluding hydrogens is 306 g/mol. The molecule has 1 aromatic carbocycles. The fourth-order valence-electron chi connectivity index (χ4n) is 2.06. The SMILES string of the molecule is CC(C)C[C@H](N)C(=O)NCc1ccc(NC(=O)OC(C)(C)C)cc1. The van der Waals surface area contributed by atoms with Gasteiger partial charge in [0.2, 0.25) is 5.91 Å². The van der Waals surface area contributed by atoms with Crippen molar-refractivity contribution in [2.45, 2.75) is 59.2 Å². The van der Waals surface area contributed by atoms with Crippen LogP contribution in [-0.2, 0) is 16.1 Å². The molecular formula is C18H29N3O3. The fourth-order valence-corrected chi connectivity index (χ4v) is 2.06. The molecule has 0 aliphatic carbocycles. The lowest BCUT2D eigenvalue weighted by molar-refractivity contribution is -0.122. The lowest BCUT2D eigenvalue weighted by Gasteiger charge is -2.19. The van der Waals surface area contributed by atoms with E-state index in [2.05, 4.69) is 10.6 Å². The second kappa shape index (κ2) is 8.68. The number of amides is 2. The van der Waals surface area contributed by atoms with Crippen LogP contribution in [0.5, 0.6) is 0 Å². The van der Waals surface area contributed by atoms with Gasteiger partial charge in [0.25, 0.3) is 0 Å². The first-order valence-electron chi connectivity index (χ1n) is 8.19. The quantitative estimate of drug-likeness (QED) is 0.745. The molecule has 0 radical (unpaired) electrons. The molecule has 0 saturated carbocycles. The zero-order valence-corrected chi connectivity index (χ0v) is 15.2. The Morgan fingerprint density at radius 3 is 2.25 bits per heavy atom. The van der Waals surface area contributed by atoms with Crippen LogP contribution < -0.4 is 16.4 Å². The maximum Gasteiger partial charge on any atom is 0.412 e. The summed E-state index contributed by atoms with van der Waals surface area (Å²) in [6.07, 6.45) is 0.160. The average Bonchev–Trinajstić information content (AvgIpc) is 2.43. The van der Waals surface area contributed by atoms with Crippen LogP contribution in [0.15, 0.2) is 24.3 Å². The van der Waals surface area contributed by atoms with Crippen LogP contribution >= 0.6 is 0 Å². The molecule has 0 spiro atoms. The lowest BCUT2D eigenvalue weighted by atomic mass is 10.0. The molecule has 24 heavy (non-hydrogen) atoms. The predicted molar refractivity (Wildman–Crippen MR) is 95.6 cm³/mol. The highest BCUT2D eigenvalue weighted by atomic mass is 16.6. The minimum atomic E-state index is -0.539. The van der Waals surface area contributed by atoms with Crippen LogP contribution in [-0.4, -0.2) is 23.6 Å². The molecule has 0 aromatic heterocycles. The van der Waals surface area contributed by atoms with Gasteiger partial charge in [-0.15, -0.1) is 0 Å². The number of hydrogen-bond donors (Lipinski definition) is 3. The largest absolute Gasteiger partial charge is 0.444 e. The molecule has 1 rings (SSSR count). The summed E-state index contributed by atoms with van der Waals surface area (Å²) in [7, 11) is 0. The summed E-state index contributed by atoms with van der Waals surface area (Å²) in [5.41, 5.74) is 6.86. The maximum atomic E-state index is 11.9. The molecule has 4 N–H and O–H groups in total. The van der Waals surface area contributed by atoms with Crippen molar-refractivity contribution in [3.63, 3.8) is 0 Å². The molecule has 0 aliphatic rings. The first-order valence-corrected chi connectivity index (χ1v) is 8.19. The van der Waals surface area contributed by atoms with E-state index in [1.807, 2.05) is 46.8 Å². The zero-order valence-electron chi connectivity index (χ0n) is 15.2. The zero-order chi connectivity index (χ0) is 18.3. The summed E-state index contributed by atoms with van der Waals surface area (Å²) in [5, 5.41) is 5.48. The third-order valence-corrected chi connectivity index (χ3v) is 3.13. The number of nitrogens with two attached hydrogens (primary N) is 1. The van der Waals surface area contributed by atoms with Gasteiger partial charge in [-0.2, -0.15) is 0 Å². The Morgan fingerprint density at radius 1 is 1.17 bits per heavy atom. The normalized spacial score (nSPS) is 12.6. The van der Waals surface area contributed by atoms with Gasteiger partial charge >= 0.3 is 6.09 Å². The van der Waals surface area contributed by atoms with Crippen molar-refractivity contribution in [3.8, 4) is 0 Å². The number of nitrogens with one attached hydrogen (secondary N) is 2. The van der Waals surface area contributed by atoms with E-state index >= 15 is 0 Å². The first-order chi connectivity index (χ1) is 11.1. The third kappa shape index (κ3) is 7.97. The number of hydrogen-bond acceptors (Lipinski definition) is 4. The van der Waals surface area contributed by atoms with E-state index in [9.17, 15) is 9.59 Å². The molecule has 134 valence electrons. The summed E-state index contributed by atoms with van der Waals surface area (Å²) in [4.78, 5) is 23.6. The van der Waals surface area contributed by atoms with Gasteiger partial charge in [0.05, 0.1) is 6.04 Å². The van der Waals surface area contributed by atoms with Crippen LogP contribution in [0.1, 0.15) is 46.6 Å². The second-order valence-electron chi connectivity index (χ2n) is 7.28. The third-order valence-electron chi connectivity index (χ3n) is 3.13. The van der Waals surface area contributed by atoms with Gasteiger partial charge in [-0.1, -0.05) is 26.0 Å². The second-order valence-corrected chi connectivity index (χ2v) is 7.28. The molecule has 6 nitrogen and oxygen atoms in total. The van der Waals surface area contributed by atoms with Crippen molar-refractivity contribution >= 4 is 17.7 Å². The van der Waals surface area contributed by atoms with Gasteiger partial charge in [0.15, 0.2) is 0 Å². The van der Waals surface area contributed by atoms with Crippen molar-refractivity contribution in [2.24, 2.45) is 11.7 Å². The summed E-state index contributed by atoms with van der Waals surface area (Å²) in [6.45, 7) is 9.89. The molecule has 0 saturated heterocycles. The van der Waals surface area contributed by atoms with Crippen LogP contribution in [0.4, 0.5) is 10.5 Å². The van der Waals surface area contributed by atoms with Crippen LogP contribution in [0, 0.1) is 5.92 Å². The predicted octanol–water partition coefficient (Wildman–Crippen LogP) is 3.02. The Kier molecular flexibility index (Phi) is 7.22. The van der Waals surface area contributed by atoms with Crippen molar-refractivity contribution in [2.75, 3.05) is 5.32 Å². The molecule has 0 heterocycles.